The number of carbonyl (C=O) groups is 2. The number of nitrogens with one attached hydrogen (secondary N) is 1. The van der Waals surface area contributed by atoms with Crippen molar-refractivity contribution in [2.75, 3.05) is 23.9 Å². The van der Waals surface area contributed by atoms with Crippen molar-refractivity contribution in [3.63, 3.8) is 0 Å². The van der Waals surface area contributed by atoms with E-state index in [2.05, 4.69) is 5.32 Å². The van der Waals surface area contributed by atoms with Crippen molar-refractivity contribution in [3.8, 4) is 5.75 Å². The monoisotopic (exact) mass is 380 g/mol. The molecule has 0 atom stereocenters. The standard InChI is InChI=1S/C19H19F3N2O3/c1-12-4-9-17(27-3)16(10-12)24(13(2)25)11-18(26)23-15-7-5-14(6-8-15)19(20,21)22/h4-10H,11H2,1-3H3,(H,23,26). The van der Waals surface area contributed by atoms with Crippen LogP contribution in [0, 0.1) is 6.92 Å². The second-order valence-corrected chi connectivity index (χ2v) is 5.90. The van der Waals surface area contributed by atoms with Gasteiger partial charge in [-0.25, -0.2) is 0 Å². The van der Waals surface area contributed by atoms with Gasteiger partial charge in [0.15, 0.2) is 0 Å². The van der Waals surface area contributed by atoms with Crippen LogP contribution in [0.15, 0.2) is 42.5 Å². The highest BCUT2D eigenvalue weighted by Gasteiger charge is 2.30. The molecule has 2 aromatic carbocycles. The molecule has 8 heteroatoms. The highest BCUT2D eigenvalue weighted by atomic mass is 19.4. The molecule has 144 valence electrons. The number of methoxy groups -OCH3 is 1. The molecule has 2 aromatic rings. The van der Waals surface area contributed by atoms with Crippen molar-refractivity contribution in [2.24, 2.45) is 0 Å². The predicted molar refractivity (Wildman–Crippen MR) is 95.8 cm³/mol. The SMILES string of the molecule is COc1ccc(C)cc1N(CC(=O)Nc1ccc(C(F)(F)F)cc1)C(C)=O. The summed E-state index contributed by atoms with van der Waals surface area (Å²) in [5, 5.41) is 2.49. The Balaban J connectivity index is 2.16. The number of amides is 2. The van der Waals surface area contributed by atoms with Crippen molar-refractivity contribution in [1.29, 1.82) is 0 Å². The summed E-state index contributed by atoms with van der Waals surface area (Å²) in [6.07, 6.45) is -4.45. The summed E-state index contributed by atoms with van der Waals surface area (Å²) in [5.74, 6) is -0.492. The van der Waals surface area contributed by atoms with Gasteiger partial charge in [0.25, 0.3) is 0 Å². The van der Waals surface area contributed by atoms with E-state index in [4.69, 9.17) is 4.74 Å². The highest BCUT2D eigenvalue weighted by molar-refractivity contribution is 6.02. The molecule has 0 spiro atoms. The van der Waals surface area contributed by atoms with E-state index in [9.17, 15) is 22.8 Å². The molecular weight excluding hydrogens is 361 g/mol. The van der Waals surface area contributed by atoms with E-state index in [0.717, 1.165) is 29.8 Å². The van der Waals surface area contributed by atoms with Crippen LogP contribution in [-0.2, 0) is 15.8 Å². The topological polar surface area (TPSA) is 58.6 Å². The first-order chi connectivity index (χ1) is 12.6. The molecular formula is C19H19F3N2O3. The van der Waals surface area contributed by atoms with Crippen molar-refractivity contribution in [3.05, 3.63) is 53.6 Å². The molecule has 0 aromatic heterocycles. The first-order valence-electron chi connectivity index (χ1n) is 8.01. The van der Waals surface area contributed by atoms with Crippen LogP contribution in [0.3, 0.4) is 0 Å². The Kier molecular flexibility index (Phi) is 6.09. The Labute approximate surface area is 154 Å². The minimum Gasteiger partial charge on any atom is -0.495 e. The lowest BCUT2D eigenvalue weighted by molar-refractivity contribution is -0.137. The summed E-state index contributed by atoms with van der Waals surface area (Å²) in [7, 11) is 1.45. The van der Waals surface area contributed by atoms with Gasteiger partial charge in [-0.1, -0.05) is 6.07 Å². The molecule has 0 unspecified atom stereocenters. The maximum Gasteiger partial charge on any atom is 0.416 e. The first-order valence-corrected chi connectivity index (χ1v) is 8.01. The number of benzene rings is 2. The minimum atomic E-state index is -4.45. The third-order valence-corrected chi connectivity index (χ3v) is 3.80. The third kappa shape index (κ3) is 5.22. The summed E-state index contributed by atoms with van der Waals surface area (Å²) in [6.45, 7) is 2.84. The van der Waals surface area contributed by atoms with Gasteiger partial charge in [0, 0.05) is 12.6 Å². The number of ether oxygens (including phenoxy) is 1. The number of rotatable bonds is 5. The van der Waals surface area contributed by atoms with Gasteiger partial charge in [0.05, 0.1) is 18.4 Å². The smallest absolute Gasteiger partial charge is 0.416 e. The van der Waals surface area contributed by atoms with Gasteiger partial charge in [-0.2, -0.15) is 13.2 Å². The van der Waals surface area contributed by atoms with Gasteiger partial charge in [0.2, 0.25) is 11.8 Å². The van der Waals surface area contributed by atoms with Gasteiger partial charge in [0.1, 0.15) is 12.3 Å². The number of nitrogens with zero attached hydrogens (tertiary/aromatic N) is 1. The van der Waals surface area contributed by atoms with Gasteiger partial charge >= 0.3 is 6.18 Å². The summed E-state index contributed by atoms with van der Waals surface area (Å²) < 4.78 is 43.0. The predicted octanol–water partition coefficient (Wildman–Crippen LogP) is 4.01. The van der Waals surface area contributed by atoms with Crippen molar-refractivity contribution in [1.82, 2.24) is 0 Å². The molecule has 0 fully saturated rings. The summed E-state index contributed by atoms with van der Waals surface area (Å²) in [5.41, 5.74) is 0.704. The van der Waals surface area contributed by atoms with Crippen LogP contribution in [0.5, 0.6) is 5.75 Å². The fourth-order valence-electron chi connectivity index (χ4n) is 2.46. The maximum atomic E-state index is 12.6. The molecule has 5 nitrogen and oxygen atoms in total. The minimum absolute atomic E-state index is 0.202. The molecule has 0 aliphatic heterocycles. The number of hydrogen-bond donors (Lipinski definition) is 1. The van der Waals surface area contributed by atoms with Crippen LogP contribution in [0.4, 0.5) is 24.5 Å². The van der Waals surface area contributed by atoms with E-state index in [-0.39, 0.29) is 18.1 Å². The number of hydrogen-bond acceptors (Lipinski definition) is 3. The lowest BCUT2D eigenvalue weighted by Gasteiger charge is -2.23. The average molecular weight is 380 g/mol. The average Bonchev–Trinajstić information content (AvgIpc) is 2.59. The molecule has 2 amide bonds. The van der Waals surface area contributed by atoms with Crippen molar-refractivity contribution < 1.29 is 27.5 Å². The quantitative estimate of drug-likeness (QED) is 0.853. The highest BCUT2D eigenvalue weighted by Crippen LogP contribution is 2.31. The summed E-state index contributed by atoms with van der Waals surface area (Å²) in [4.78, 5) is 25.6. The molecule has 0 bridgehead atoms. The van der Waals surface area contributed by atoms with E-state index < -0.39 is 17.6 Å². The van der Waals surface area contributed by atoms with E-state index in [1.165, 1.54) is 18.9 Å². The molecule has 0 aliphatic rings. The number of alkyl halides is 3. The lowest BCUT2D eigenvalue weighted by atomic mass is 10.2. The first kappa shape index (κ1) is 20.3. The van der Waals surface area contributed by atoms with E-state index in [0.29, 0.717) is 11.4 Å². The second-order valence-electron chi connectivity index (χ2n) is 5.90. The Bertz CT molecular complexity index is 833. The van der Waals surface area contributed by atoms with Crippen LogP contribution in [0.25, 0.3) is 0 Å². The van der Waals surface area contributed by atoms with Crippen molar-refractivity contribution in [2.45, 2.75) is 20.0 Å². The lowest BCUT2D eigenvalue weighted by Crippen LogP contribution is -2.37. The zero-order chi connectivity index (χ0) is 20.2. The molecule has 1 N–H and O–H groups in total. The molecule has 0 saturated heterocycles. The summed E-state index contributed by atoms with van der Waals surface area (Å²) >= 11 is 0. The van der Waals surface area contributed by atoms with Gasteiger partial charge in [-0.3, -0.25) is 14.5 Å². The van der Waals surface area contributed by atoms with Crippen LogP contribution >= 0.6 is 0 Å². The normalized spacial score (nSPS) is 11.0. The van der Waals surface area contributed by atoms with E-state index in [1.807, 2.05) is 13.0 Å². The van der Waals surface area contributed by atoms with Crippen molar-refractivity contribution >= 4 is 23.2 Å². The Morgan fingerprint density at radius 1 is 1.11 bits per heavy atom. The molecule has 0 saturated carbocycles. The van der Waals surface area contributed by atoms with Gasteiger partial charge < -0.3 is 10.1 Å². The summed E-state index contributed by atoms with van der Waals surface area (Å²) in [6, 6.07) is 9.28. The van der Waals surface area contributed by atoms with Crippen LogP contribution in [0.1, 0.15) is 18.1 Å². The Morgan fingerprint density at radius 3 is 2.26 bits per heavy atom. The third-order valence-electron chi connectivity index (χ3n) is 3.80. The molecule has 0 radical (unpaired) electrons. The van der Waals surface area contributed by atoms with Crippen LogP contribution in [-0.4, -0.2) is 25.5 Å². The van der Waals surface area contributed by atoms with Crippen LogP contribution < -0.4 is 15.0 Å². The number of halogens is 3. The van der Waals surface area contributed by atoms with Gasteiger partial charge in [-0.15, -0.1) is 0 Å². The number of carbonyl (C=O) groups excluding carboxylic acids is 2. The molecule has 0 heterocycles. The number of anilines is 2. The Morgan fingerprint density at radius 2 is 1.74 bits per heavy atom. The second kappa shape index (κ2) is 8.11. The zero-order valence-electron chi connectivity index (χ0n) is 15.1. The molecule has 0 aliphatic carbocycles. The van der Waals surface area contributed by atoms with E-state index in [1.54, 1.807) is 12.1 Å². The van der Waals surface area contributed by atoms with Gasteiger partial charge in [-0.05, 0) is 48.9 Å². The molecule has 27 heavy (non-hydrogen) atoms. The number of aryl methyl sites for hydroxylation is 1. The fourth-order valence-corrected chi connectivity index (χ4v) is 2.46. The molecule has 2 rings (SSSR count). The van der Waals surface area contributed by atoms with E-state index >= 15 is 0 Å². The maximum absolute atomic E-state index is 12.6. The fraction of sp³-hybridized carbons (Fsp3) is 0.263. The van der Waals surface area contributed by atoms with Crippen LogP contribution in [0.2, 0.25) is 0 Å². The Hall–Kier alpha value is -3.03. The largest absolute Gasteiger partial charge is 0.495 e. The zero-order valence-corrected chi connectivity index (χ0v) is 15.1.